The summed E-state index contributed by atoms with van der Waals surface area (Å²) in [7, 11) is 0. The molecule has 0 amide bonds. The van der Waals surface area contributed by atoms with Gasteiger partial charge in [-0.1, -0.05) is 6.92 Å². The molecule has 3 aromatic heterocycles. The average molecular weight is 288 g/mol. The number of rotatable bonds is 4. The largest absolute Gasteiger partial charge is 0.292 e. The summed E-state index contributed by atoms with van der Waals surface area (Å²) in [4.78, 5) is 16.7. The van der Waals surface area contributed by atoms with Crippen molar-refractivity contribution in [1.82, 2.24) is 19.3 Å². The van der Waals surface area contributed by atoms with Gasteiger partial charge >= 0.3 is 0 Å². The molecule has 0 aliphatic heterocycles. The van der Waals surface area contributed by atoms with Crippen molar-refractivity contribution in [3.63, 3.8) is 0 Å². The van der Waals surface area contributed by atoms with E-state index in [1.165, 1.54) is 11.3 Å². The minimum Gasteiger partial charge on any atom is -0.292 e. The van der Waals surface area contributed by atoms with Gasteiger partial charge in [0.05, 0.1) is 29.8 Å². The second-order valence-electron chi connectivity index (χ2n) is 4.61. The second-order valence-corrected chi connectivity index (χ2v) is 5.53. The molecule has 20 heavy (non-hydrogen) atoms. The van der Waals surface area contributed by atoms with E-state index in [2.05, 4.69) is 30.0 Å². The fourth-order valence-electron chi connectivity index (χ4n) is 2.25. The molecular weight excluding hydrogens is 272 g/mol. The number of aromatic nitrogens is 4. The molecule has 6 heteroatoms. The third-order valence-corrected chi connectivity index (χ3v) is 4.24. The SMILES string of the molecule is CCc1cc(Cn2cnc3ccsc3c2=O)n(CC)n1. The van der Waals surface area contributed by atoms with Crippen LogP contribution in [0.5, 0.6) is 0 Å². The van der Waals surface area contributed by atoms with Crippen molar-refractivity contribution in [3.8, 4) is 0 Å². The molecule has 5 nitrogen and oxygen atoms in total. The van der Waals surface area contributed by atoms with Crippen molar-refractivity contribution in [2.45, 2.75) is 33.4 Å². The molecule has 0 fully saturated rings. The van der Waals surface area contributed by atoms with Crippen LogP contribution >= 0.6 is 11.3 Å². The number of hydrogen-bond acceptors (Lipinski definition) is 4. The number of nitrogens with zero attached hydrogens (tertiary/aromatic N) is 4. The maximum Gasteiger partial charge on any atom is 0.271 e. The molecular formula is C14H16N4OS. The molecule has 0 atom stereocenters. The lowest BCUT2D eigenvalue weighted by Gasteiger charge is -2.06. The Hall–Kier alpha value is -1.95. The first-order valence-electron chi connectivity index (χ1n) is 6.71. The highest BCUT2D eigenvalue weighted by atomic mass is 32.1. The van der Waals surface area contributed by atoms with E-state index in [-0.39, 0.29) is 5.56 Å². The van der Waals surface area contributed by atoms with Gasteiger partial charge in [0.15, 0.2) is 0 Å². The van der Waals surface area contributed by atoms with Crippen molar-refractivity contribution < 1.29 is 0 Å². The maximum absolute atomic E-state index is 12.4. The molecule has 0 aliphatic carbocycles. The van der Waals surface area contributed by atoms with E-state index in [4.69, 9.17) is 0 Å². The summed E-state index contributed by atoms with van der Waals surface area (Å²) in [5, 5.41) is 6.41. The van der Waals surface area contributed by atoms with Crippen LogP contribution in [0.3, 0.4) is 0 Å². The van der Waals surface area contributed by atoms with Gasteiger partial charge in [-0.05, 0) is 30.9 Å². The number of aryl methyl sites for hydroxylation is 2. The summed E-state index contributed by atoms with van der Waals surface area (Å²) in [5.41, 5.74) is 2.89. The lowest BCUT2D eigenvalue weighted by atomic mass is 10.3. The normalized spacial score (nSPS) is 11.3. The van der Waals surface area contributed by atoms with E-state index in [1.807, 2.05) is 16.1 Å². The van der Waals surface area contributed by atoms with Gasteiger partial charge in [-0.25, -0.2) is 4.98 Å². The molecule has 0 bridgehead atoms. The van der Waals surface area contributed by atoms with E-state index < -0.39 is 0 Å². The quantitative estimate of drug-likeness (QED) is 0.740. The summed E-state index contributed by atoms with van der Waals surface area (Å²) in [6.45, 7) is 5.45. The first-order valence-corrected chi connectivity index (χ1v) is 7.59. The van der Waals surface area contributed by atoms with Gasteiger partial charge in [-0.15, -0.1) is 11.3 Å². The van der Waals surface area contributed by atoms with E-state index in [0.717, 1.165) is 29.9 Å². The Morgan fingerprint density at radius 3 is 2.95 bits per heavy atom. The molecule has 0 unspecified atom stereocenters. The van der Waals surface area contributed by atoms with Crippen LogP contribution in [-0.4, -0.2) is 19.3 Å². The molecule has 0 aromatic carbocycles. The minimum absolute atomic E-state index is 0.0203. The lowest BCUT2D eigenvalue weighted by molar-refractivity contribution is 0.588. The van der Waals surface area contributed by atoms with Gasteiger partial charge in [0.1, 0.15) is 4.70 Å². The third kappa shape index (κ3) is 2.16. The highest BCUT2D eigenvalue weighted by Gasteiger charge is 2.10. The van der Waals surface area contributed by atoms with E-state index in [9.17, 15) is 4.79 Å². The Bertz CT molecular complexity index is 799. The van der Waals surface area contributed by atoms with Crippen molar-refractivity contribution in [2.24, 2.45) is 0 Å². The highest BCUT2D eigenvalue weighted by molar-refractivity contribution is 7.17. The van der Waals surface area contributed by atoms with Crippen LogP contribution in [0.2, 0.25) is 0 Å². The fourth-order valence-corrected chi connectivity index (χ4v) is 3.05. The predicted octanol–water partition coefficient (Wildman–Crippen LogP) is 2.29. The minimum atomic E-state index is 0.0203. The van der Waals surface area contributed by atoms with E-state index in [0.29, 0.717) is 11.2 Å². The zero-order chi connectivity index (χ0) is 14.1. The summed E-state index contributed by atoms with van der Waals surface area (Å²) in [6, 6.07) is 3.94. The number of fused-ring (bicyclic) bond motifs is 1. The van der Waals surface area contributed by atoms with Gasteiger partial charge in [0.2, 0.25) is 0 Å². The third-order valence-electron chi connectivity index (χ3n) is 3.34. The van der Waals surface area contributed by atoms with Crippen LogP contribution in [0.1, 0.15) is 25.2 Å². The lowest BCUT2D eigenvalue weighted by Crippen LogP contribution is -2.21. The van der Waals surface area contributed by atoms with Gasteiger partial charge in [0, 0.05) is 6.54 Å². The van der Waals surface area contributed by atoms with Crippen molar-refractivity contribution in [2.75, 3.05) is 0 Å². The van der Waals surface area contributed by atoms with Gasteiger partial charge in [-0.3, -0.25) is 14.0 Å². The Morgan fingerprint density at radius 1 is 1.35 bits per heavy atom. The Labute approximate surface area is 120 Å². The molecule has 3 heterocycles. The maximum atomic E-state index is 12.4. The van der Waals surface area contributed by atoms with Gasteiger partial charge in [0.25, 0.3) is 5.56 Å². The molecule has 0 radical (unpaired) electrons. The van der Waals surface area contributed by atoms with E-state index >= 15 is 0 Å². The number of thiophene rings is 1. The number of hydrogen-bond donors (Lipinski definition) is 0. The monoisotopic (exact) mass is 288 g/mol. The topological polar surface area (TPSA) is 52.7 Å². The molecule has 3 rings (SSSR count). The van der Waals surface area contributed by atoms with Crippen LogP contribution in [0.4, 0.5) is 0 Å². The fraction of sp³-hybridized carbons (Fsp3) is 0.357. The first kappa shape index (κ1) is 13.1. The summed E-state index contributed by atoms with van der Waals surface area (Å²) >= 11 is 1.44. The Balaban J connectivity index is 2.02. The zero-order valence-electron chi connectivity index (χ0n) is 11.5. The van der Waals surface area contributed by atoms with Crippen LogP contribution in [0, 0.1) is 0 Å². The van der Waals surface area contributed by atoms with E-state index in [1.54, 1.807) is 10.9 Å². The van der Waals surface area contributed by atoms with Crippen molar-refractivity contribution in [1.29, 1.82) is 0 Å². The molecule has 0 spiro atoms. The molecule has 3 aromatic rings. The summed E-state index contributed by atoms with van der Waals surface area (Å²) < 4.78 is 4.32. The summed E-state index contributed by atoms with van der Waals surface area (Å²) in [6.07, 6.45) is 2.52. The zero-order valence-corrected chi connectivity index (χ0v) is 12.4. The average Bonchev–Trinajstić information content (AvgIpc) is 3.08. The Kier molecular flexibility index (Phi) is 3.40. The van der Waals surface area contributed by atoms with Gasteiger partial charge in [-0.2, -0.15) is 5.10 Å². The molecule has 0 saturated carbocycles. The smallest absolute Gasteiger partial charge is 0.271 e. The molecule has 0 saturated heterocycles. The highest BCUT2D eigenvalue weighted by Crippen LogP contribution is 2.14. The molecule has 104 valence electrons. The van der Waals surface area contributed by atoms with Crippen LogP contribution < -0.4 is 5.56 Å². The van der Waals surface area contributed by atoms with Crippen molar-refractivity contribution >= 4 is 21.6 Å². The van der Waals surface area contributed by atoms with Crippen LogP contribution in [0.25, 0.3) is 10.2 Å². The predicted molar refractivity (Wildman–Crippen MR) is 80.3 cm³/mol. The van der Waals surface area contributed by atoms with Crippen LogP contribution in [0.15, 0.2) is 28.6 Å². The molecule has 0 N–H and O–H groups in total. The van der Waals surface area contributed by atoms with Crippen molar-refractivity contribution in [3.05, 3.63) is 45.6 Å². The first-order chi connectivity index (χ1) is 9.72. The second kappa shape index (κ2) is 5.20. The van der Waals surface area contributed by atoms with Gasteiger partial charge < -0.3 is 0 Å². The van der Waals surface area contributed by atoms with Crippen LogP contribution in [-0.2, 0) is 19.5 Å². The molecule has 0 aliphatic rings. The Morgan fingerprint density at radius 2 is 2.20 bits per heavy atom. The summed E-state index contributed by atoms with van der Waals surface area (Å²) in [5.74, 6) is 0. The standard InChI is InChI=1S/C14H16N4OS/c1-3-10-7-11(18(4-2)16-10)8-17-9-15-12-5-6-20-13(12)14(17)19/h5-7,9H,3-4,8H2,1-2H3.